The number of hydrogen-bond donors (Lipinski definition) is 0. The molecule has 1 fully saturated rings. The Kier molecular flexibility index (Phi) is 6.15. The number of amides is 1. The standard InChI is InChI=1S/C16H22ClN7O5S/c1-4-21-9-13(11(2)18-21)30(28,29)22-7-5-20(6-8-22)14(25)10-23-12(3)15(17)16(19-23)24(26)27/h9H,4-8,10H2,1-3H3. The fraction of sp³-hybridized carbons (Fsp3) is 0.562. The normalized spacial score (nSPS) is 15.5. The van der Waals surface area contributed by atoms with Crippen LogP contribution in [0.3, 0.4) is 0 Å². The Morgan fingerprint density at radius 2 is 1.87 bits per heavy atom. The van der Waals surface area contributed by atoms with E-state index >= 15 is 0 Å². The number of carbonyl (C=O) groups excluding carboxylic acids is 1. The van der Waals surface area contributed by atoms with Gasteiger partial charge in [-0.15, -0.1) is 0 Å². The molecule has 164 valence electrons. The van der Waals surface area contributed by atoms with Crippen molar-refractivity contribution in [2.75, 3.05) is 26.2 Å². The summed E-state index contributed by atoms with van der Waals surface area (Å²) in [5.41, 5.74) is 0.754. The quantitative estimate of drug-likeness (QED) is 0.460. The molecule has 1 saturated heterocycles. The number of aryl methyl sites for hydroxylation is 2. The second-order valence-electron chi connectivity index (χ2n) is 6.86. The number of sulfonamides is 1. The van der Waals surface area contributed by atoms with E-state index in [9.17, 15) is 23.3 Å². The highest BCUT2D eigenvalue weighted by Gasteiger charge is 2.33. The summed E-state index contributed by atoms with van der Waals surface area (Å²) >= 11 is 5.90. The second-order valence-corrected chi connectivity index (χ2v) is 9.14. The lowest BCUT2D eigenvalue weighted by Gasteiger charge is -2.33. The number of nitrogens with zero attached hydrogens (tertiary/aromatic N) is 7. The first-order valence-electron chi connectivity index (χ1n) is 9.25. The van der Waals surface area contributed by atoms with Crippen molar-refractivity contribution in [3.8, 4) is 0 Å². The maximum Gasteiger partial charge on any atom is 0.408 e. The van der Waals surface area contributed by atoms with Gasteiger partial charge in [-0.05, 0) is 25.7 Å². The summed E-state index contributed by atoms with van der Waals surface area (Å²) in [5, 5.41) is 18.8. The van der Waals surface area contributed by atoms with Gasteiger partial charge in [-0.1, -0.05) is 11.6 Å². The smallest absolute Gasteiger partial charge is 0.358 e. The average Bonchev–Trinajstić information content (AvgIpc) is 3.23. The number of halogens is 1. The second kappa shape index (κ2) is 8.32. The number of piperazine rings is 1. The topological polar surface area (TPSA) is 136 Å². The summed E-state index contributed by atoms with van der Waals surface area (Å²) < 4.78 is 30.0. The van der Waals surface area contributed by atoms with Crippen LogP contribution in [0.5, 0.6) is 0 Å². The van der Waals surface area contributed by atoms with Gasteiger partial charge in [0.25, 0.3) is 0 Å². The van der Waals surface area contributed by atoms with Gasteiger partial charge >= 0.3 is 5.82 Å². The molecule has 14 heteroatoms. The van der Waals surface area contributed by atoms with Gasteiger partial charge < -0.3 is 15.0 Å². The SMILES string of the molecule is CCn1cc(S(=O)(=O)N2CCN(C(=O)Cn3nc([N+](=O)[O-])c(Cl)c3C)CC2)c(C)n1. The Balaban J connectivity index is 1.67. The zero-order valence-corrected chi connectivity index (χ0v) is 18.4. The van der Waals surface area contributed by atoms with Crippen LogP contribution in [0, 0.1) is 24.0 Å². The Labute approximate surface area is 178 Å². The maximum absolute atomic E-state index is 12.9. The average molecular weight is 460 g/mol. The molecular formula is C16H22ClN7O5S. The molecule has 0 N–H and O–H groups in total. The lowest BCUT2D eigenvalue weighted by Crippen LogP contribution is -2.51. The molecule has 0 unspecified atom stereocenters. The Hall–Kier alpha value is -2.51. The third-order valence-corrected chi connectivity index (χ3v) is 7.45. The third kappa shape index (κ3) is 4.04. The summed E-state index contributed by atoms with van der Waals surface area (Å²) in [7, 11) is -3.71. The van der Waals surface area contributed by atoms with Gasteiger partial charge in [0.05, 0.1) is 16.5 Å². The van der Waals surface area contributed by atoms with Crippen LogP contribution in [0.15, 0.2) is 11.1 Å². The van der Waals surface area contributed by atoms with Gasteiger partial charge in [0.1, 0.15) is 11.4 Å². The van der Waals surface area contributed by atoms with Crippen molar-refractivity contribution in [1.82, 2.24) is 28.8 Å². The monoisotopic (exact) mass is 459 g/mol. The molecular weight excluding hydrogens is 438 g/mol. The summed E-state index contributed by atoms with van der Waals surface area (Å²) in [6, 6.07) is 0. The van der Waals surface area contributed by atoms with E-state index in [4.69, 9.17) is 11.6 Å². The van der Waals surface area contributed by atoms with Crippen LogP contribution in [0.1, 0.15) is 18.3 Å². The van der Waals surface area contributed by atoms with Crippen molar-refractivity contribution < 1.29 is 18.1 Å². The molecule has 3 rings (SSSR count). The summed E-state index contributed by atoms with van der Waals surface area (Å²) in [4.78, 5) is 24.5. The van der Waals surface area contributed by atoms with E-state index in [1.54, 1.807) is 18.5 Å². The van der Waals surface area contributed by atoms with E-state index in [2.05, 4.69) is 10.2 Å². The molecule has 2 aromatic heterocycles. The highest BCUT2D eigenvalue weighted by atomic mass is 35.5. The number of nitro groups is 1. The van der Waals surface area contributed by atoms with E-state index in [-0.39, 0.29) is 48.5 Å². The van der Waals surface area contributed by atoms with Crippen molar-refractivity contribution in [2.45, 2.75) is 38.8 Å². The minimum absolute atomic E-state index is 0.105. The zero-order chi connectivity index (χ0) is 22.2. The molecule has 1 amide bonds. The lowest BCUT2D eigenvalue weighted by atomic mass is 10.3. The first-order chi connectivity index (χ1) is 14.1. The van der Waals surface area contributed by atoms with Gasteiger partial charge in [0.15, 0.2) is 5.02 Å². The molecule has 0 spiro atoms. The van der Waals surface area contributed by atoms with Crippen LogP contribution < -0.4 is 0 Å². The molecule has 0 radical (unpaired) electrons. The van der Waals surface area contributed by atoms with Gasteiger partial charge in [0, 0.05) is 38.9 Å². The molecule has 1 aliphatic rings. The third-order valence-electron chi connectivity index (χ3n) is 5.01. The highest BCUT2D eigenvalue weighted by Crippen LogP contribution is 2.26. The minimum atomic E-state index is -3.71. The van der Waals surface area contributed by atoms with Gasteiger partial charge in [-0.25, -0.2) is 8.42 Å². The van der Waals surface area contributed by atoms with Crippen molar-refractivity contribution >= 4 is 33.3 Å². The summed E-state index contributed by atoms with van der Waals surface area (Å²) in [5.74, 6) is -0.819. The molecule has 0 aromatic carbocycles. The Bertz CT molecular complexity index is 1090. The largest absolute Gasteiger partial charge is 0.408 e. The van der Waals surface area contributed by atoms with Crippen molar-refractivity contribution in [2.24, 2.45) is 0 Å². The maximum atomic E-state index is 12.9. The molecule has 1 aliphatic heterocycles. The molecule has 12 nitrogen and oxygen atoms in total. The number of aromatic nitrogens is 4. The van der Waals surface area contributed by atoms with Crippen LogP contribution >= 0.6 is 11.6 Å². The van der Waals surface area contributed by atoms with Crippen LogP contribution in [-0.2, 0) is 27.9 Å². The number of carbonyl (C=O) groups is 1. The molecule has 3 heterocycles. The van der Waals surface area contributed by atoms with E-state index in [1.165, 1.54) is 20.1 Å². The number of hydrogen-bond acceptors (Lipinski definition) is 7. The van der Waals surface area contributed by atoms with E-state index in [0.717, 1.165) is 0 Å². The van der Waals surface area contributed by atoms with Crippen molar-refractivity contribution in [3.05, 3.63) is 32.7 Å². The van der Waals surface area contributed by atoms with Crippen LogP contribution in [0.25, 0.3) is 0 Å². The minimum Gasteiger partial charge on any atom is -0.358 e. The van der Waals surface area contributed by atoms with E-state index < -0.39 is 20.8 Å². The predicted molar refractivity (Wildman–Crippen MR) is 107 cm³/mol. The highest BCUT2D eigenvalue weighted by molar-refractivity contribution is 7.89. The van der Waals surface area contributed by atoms with Crippen LogP contribution in [0.4, 0.5) is 5.82 Å². The molecule has 0 atom stereocenters. The van der Waals surface area contributed by atoms with E-state index in [1.807, 2.05) is 6.92 Å². The van der Waals surface area contributed by atoms with Crippen LogP contribution in [0.2, 0.25) is 5.02 Å². The fourth-order valence-electron chi connectivity index (χ4n) is 3.24. The first-order valence-corrected chi connectivity index (χ1v) is 11.1. The van der Waals surface area contributed by atoms with Crippen molar-refractivity contribution in [3.63, 3.8) is 0 Å². The Morgan fingerprint density at radius 1 is 1.23 bits per heavy atom. The zero-order valence-electron chi connectivity index (χ0n) is 16.8. The molecule has 0 aliphatic carbocycles. The predicted octanol–water partition coefficient (Wildman–Crippen LogP) is 0.811. The number of rotatable bonds is 6. The molecule has 30 heavy (non-hydrogen) atoms. The summed E-state index contributed by atoms with van der Waals surface area (Å²) in [6.07, 6.45) is 1.51. The fourth-order valence-corrected chi connectivity index (χ4v) is 5.03. The van der Waals surface area contributed by atoms with E-state index in [0.29, 0.717) is 17.9 Å². The molecule has 2 aromatic rings. The molecule has 0 bridgehead atoms. The van der Waals surface area contributed by atoms with Gasteiger partial charge in [0.2, 0.25) is 15.9 Å². The lowest BCUT2D eigenvalue weighted by molar-refractivity contribution is -0.389. The van der Waals surface area contributed by atoms with Gasteiger partial charge in [-0.2, -0.15) is 14.1 Å². The van der Waals surface area contributed by atoms with Gasteiger partial charge in [-0.3, -0.25) is 9.48 Å². The van der Waals surface area contributed by atoms with Crippen molar-refractivity contribution in [1.29, 1.82) is 0 Å². The Morgan fingerprint density at radius 3 is 2.37 bits per heavy atom. The van der Waals surface area contributed by atoms with Crippen LogP contribution in [-0.4, -0.2) is 74.2 Å². The first kappa shape index (κ1) is 22.2. The molecule has 0 saturated carbocycles. The summed E-state index contributed by atoms with van der Waals surface area (Å²) in [6.45, 7) is 6.10.